The highest BCUT2D eigenvalue weighted by Crippen LogP contribution is 2.22. The lowest BCUT2D eigenvalue weighted by atomic mass is 9.97. The zero-order valence-electron chi connectivity index (χ0n) is 22.0. The Balaban J connectivity index is 1.48. The summed E-state index contributed by atoms with van der Waals surface area (Å²) in [5, 5.41) is 6.34. The molecule has 36 heavy (non-hydrogen) atoms. The molecule has 1 aliphatic heterocycles. The van der Waals surface area contributed by atoms with E-state index in [1.54, 1.807) is 24.3 Å². The van der Waals surface area contributed by atoms with Crippen molar-refractivity contribution in [2.75, 3.05) is 32.5 Å². The minimum Gasteiger partial charge on any atom is -0.496 e. The highest BCUT2D eigenvalue weighted by atomic mass is 16.6. The minimum absolute atomic E-state index is 0.248. The van der Waals surface area contributed by atoms with Gasteiger partial charge in [0.15, 0.2) is 0 Å². The molecule has 0 saturated carbocycles. The molecule has 1 aromatic carbocycles. The number of carbonyl (C=O) groups is 2. The van der Waals surface area contributed by atoms with Crippen molar-refractivity contribution >= 4 is 17.7 Å². The van der Waals surface area contributed by atoms with E-state index < -0.39 is 5.60 Å². The number of ether oxygens (including phenoxy) is 2. The van der Waals surface area contributed by atoms with E-state index in [0.29, 0.717) is 49.0 Å². The van der Waals surface area contributed by atoms with Crippen LogP contribution in [0.4, 0.5) is 10.5 Å². The Bertz CT molecular complexity index is 1060. The van der Waals surface area contributed by atoms with Crippen LogP contribution in [0.25, 0.3) is 0 Å². The minimum atomic E-state index is -0.485. The highest BCUT2D eigenvalue weighted by Gasteiger charge is 2.26. The molecule has 196 valence electrons. The topological polar surface area (TPSA) is 119 Å². The molecule has 2 heterocycles. The van der Waals surface area contributed by atoms with Crippen LogP contribution in [0.2, 0.25) is 0 Å². The molecular formula is C27H39N5O4. The second kappa shape index (κ2) is 12.1. The van der Waals surface area contributed by atoms with Gasteiger partial charge in [0.1, 0.15) is 11.4 Å². The van der Waals surface area contributed by atoms with Gasteiger partial charge in [0.05, 0.1) is 24.1 Å². The van der Waals surface area contributed by atoms with Crippen LogP contribution in [0, 0.1) is 12.8 Å². The van der Waals surface area contributed by atoms with Crippen LogP contribution in [0.15, 0.2) is 30.5 Å². The number of nitrogens with zero attached hydrogens (tertiary/aromatic N) is 2. The van der Waals surface area contributed by atoms with Crippen LogP contribution in [0.1, 0.15) is 60.8 Å². The maximum absolute atomic E-state index is 12.8. The number of hydrogen-bond acceptors (Lipinski definition) is 7. The summed E-state index contributed by atoms with van der Waals surface area (Å²) in [6.07, 6.45) is 3.16. The average molecular weight is 498 g/mol. The predicted octanol–water partition coefficient (Wildman–Crippen LogP) is 3.65. The third-order valence-electron chi connectivity index (χ3n) is 6.19. The normalized spacial score (nSPS) is 14.4. The molecular weight excluding hydrogens is 458 g/mol. The standard InChI is InChI=1S/C27H39N5O4/c1-18-6-7-20(23(14-18)35-5)16-31-25(33)21-8-11-30-22(24(21)28)17-29-15-19-9-12-32(13-10-19)26(34)36-27(2,3)4/h6-8,11,14,19,29H,9-10,12-13,15-17,28H2,1-5H3,(H,31,33). The molecule has 1 aliphatic rings. The third kappa shape index (κ3) is 7.58. The van der Waals surface area contributed by atoms with E-state index in [0.717, 1.165) is 36.3 Å². The summed E-state index contributed by atoms with van der Waals surface area (Å²) in [6.45, 7) is 10.6. The molecule has 9 heteroatoms. The number of nitrogen functional groups attached to an aromatic ring is 1. The van der Waals surface area contributed by atoms with E-state index in [9.17, 15) is 9.59 Å². The fourth-order valence-corrected chi connectivity index (χ4v) is 4.16. The number of methoxy groups -OCH3 is 1. The summed E-state index contributed by atoms with van der Waals surface area (Å²) >= 11 is 0. The van der Waals surface area contributed by atoms with Gasteiger partial charge in [-0.15, -0.1) is 0 Å². The Morgan fingerprint density at radius 3 is 2.56 bits per heavy atom. The lowest BCUT2D eigenvalue weighted by molar-refractivity contribution is 0.0184. The molecule has 0 radical (unpaired) electrons. The molecule has 3 rings (SSSR count). The zero-order chi connectivity index (χ0) is 26.3. The van der Waals surface area contributed by atoms with Gasteiger partial charge in [0.25, 0.3) is 5.91 Å². The summed E-state index contributed by atoms with van der Waals surface area (Å²) in [6, 6.07) is 7.49. The number of rotatable bonds is 8. The van der Waals surface area contributed by atoms with Crippen molar-refractivity contribution in [2.45, 2.75) is 59.2 Å². The van der Waals surface area contributed by atoms with Crippen LogP contribution in [0.5, 0.6) is 5.75 Å². The van der Waals surface area contributed by atoms with Crippen molar-refractivity contribution in [1.29, 1.82) is 0 Å². The number of amides is 2. The van der Waals surface area contributed by atoms with Gasteiger partial charge >= 0.3 is 6.09 Å². The number of piperidine rings is 1. The number of pyridine rings is 1. The number of nitrogens with one attached hydrogen (secondary N) is 2. The predicted molar refractivity (Wildman–Crippen MR) is 140 cm³/mol. The molecule has 1 saturated heterocycles. The number of benzene rings is 1. The monoisotopic (exact) mass is 497 g/mol. The Labute approximate surface area is 213 Å². The van der Waals surface area contributed by atoms with Gasteiger partial charge in [-0.2, -0.15) is 0 Å². The summed E-state index contributed by atoms with van der Waals surface area (Å²) in [7, 11) is 1.62. The number of nitrogens with two attached hydrogens (primary N) is 1. The van der Waals surface area contributed by atoms with Crippen LogP contribution in [-0.4, -0.2) is 54.2 Å². The average Bonchev–Trinajstić information content (AvgIpc) is 2.83. The van der Waals surface area contributed by atoms with E-state index in [1.807, 2.05) is 45.9 Å². The molecule has 9 nitrogen and oxygen atoms in total. The lowest BCUT2D eigenvalue weighted by Gasteiger charge is -2.33. The number of aryl methyl sites for hydroxylation is 1. The SMILES string of the molecule is COc1cc(C)ccc1CNC(=O)c1ccnc(CNCC2CCN(C(=O)OC(C)(C)C)CC2)c1N. The van der Waals surface area contributed by atoms with Gasteiger partial charge in [0.2, 0.25) is 0 Å². The van der Waals surface area contributed by atoms with Gasteiger partial charge in [0, 0.05) is 37.9 Å². The Morgan fingerprint density at radius 1 is 1.17 bits per heavy atom. The number of carbonyl (C=O) groups excluding carboxylic acids is 2. The summed E-state index contributed by atoms with van der Waals surface area (Å²) in [5.74, 6) is 0.925. The third-order valence-corrected chi connectivity index (χ3v) is 6.19. The van der Waals surface area contributed by atoms with Gasteiger partial charge in [-0.25, -0.2) is 4.79 Å². The second-order valence-electron chi connectivity index (χ2n) is 10.3. The van der Waals surface area contributed by atoms with Crippen LogP contribution in [-0.2, 0) is 17.8 Å². The van der Waals surface area contributed by atoms with Crippen LogP contribution in [0.3, 0.4) is 0 Å². The number of aromatic nitrogens is 1. The van der Waals surface area contributed by atoms with Gasteiger partial charge in [-0.3, -0.25) is 9.78 Å². The van der Waals surface area contributed by atoms with E-state index >= 15 is 0 Å². The molecule has 0 unspecified atom stereocenters. The number of anilines is 1. The quantitative estimate of drug-likeness (QED) is 0.509. The molecule has 1 fully saturated rings. The van der Waals surface area contributed by atoms with E-state index in [2.05, 4.69) is 15.6 Å². The highest BCUT2D eigenvalue weighted by molar-refractivity contribution is 5.99. The van der Waals surface area contributed by atoms with Crippen molar-refractivity contribution in [3.05, 3.63) is 52.8 Å². The molecule has 2 aromatic rings. The first-order valence-corrected chi connectivity index (χ1v) is 12.4. The van der Waals surface area contributed by atoms with Gasteiger partial charge < -0.3 is 30.7 Å². The lowest BCUT2D eigenvalue weighted by Crippen LogP contribution is -2.43. The molecule has 0 bridgehead atoms. The maximum atomic E-state index is 12.8. The molecule has 2 amide bonds. The molecule has 0 atom stereocenters. The zero-order valence-corrected chi connectivity index (χ0v) is 22.0. The van der Waals surface area contributed by atoms with Gasteiger partial charge in [-0.05, 0) is 70.7 Å². The largest absolute Gasteiger partial charge is 0.496 e. The first-order chi connectivity index (χ1) is 17.1. The molecule has 1 aromatic heterocycles. The molecule has 4 N–H and O–H groups in total. The van der Waals surface area contributed by atoms with Crippen LogP contribution >= 0.6 is 0 Å². The number of likely N-dealkylation sites (tertiary alicyclic amines) is 1. The van der Waals surface area contributed by atoms with E-state index in [1.165, 1.54) is 0 Å². The fourth-order valence-electron chi connectivity index (χ4n) is 4.16. The van der Waals surface area contributed by atoms with E-state index in [4.69, 9.17) is 15.2 Å². The smallest absolute Gasteiger partial charge is 0.410 e. The van der Waals surface area contributed by atoms with Crippen molar-refractivity contribution in [1.82, 2.24) is 20.5 Å². The van der Waals surface area contributed by atoms with Crippen LogP contribution < -0.4 is 21.1 Å². The maximum Gasteiger partial charge on any atom is 0.410 e. The fraction of sp³-hybridized carbons (Fsp3) is 0.519. The van der Waals surface area contributed by atoms with E-state index in [-0.39, 0.29) is 12.0 Å². The Kier molecular flexibility index (Phi) is 9.14. The first-order valence-electron chi connectivity index (χ1n) is 12.4. The molecule has 0 spiro atoms. The first kappa shape index (κ1) is 27.3. The summed E-state index contributed by atoms with van der Waals surface area (Å²) < 4.78 is 10.9. The number of hydrogen-bond donors (Lipinski definition) is 3. The Morgan fingerprint density at radius 2 is 1.89 bits per heavy atom. The van der Waals surface area contributed by atoms with Crippen molar-refractivity contribution in [3.8, 4) is 5.75 Å². The van der Waals surface area contributed by atoms with Crippen molar-refractivity contribution in [3.63, 3.8) is 0 Å². The second-order valence-corrected chi connectivity index (χ2v) is 10.3. The summed E-state index contributed by atoms with van der Waals surface area (Å²) in [5.41, 5.74) is 9.22. The molecule has 0 aliphatic carbocycles. The Hall–Kier alpha value is -3.33. The van der Waals surface area contributed by atoms with Gasteiger partial charge in [-0.1, -0.05) is 12.1 Å². The van der Waals surface area contributed by atoms with Crippen molar-refractivity contribution < 1.29 is 19.1 Å². The van der Waals surface area contributed by atoms with Crippen molar-refractivity contribution in [2.24, 2.45) is 5.92 Å². The summed E-state index contributed by atoms with van der Waals surface area (Å²) in [4.78, 5) is 31.2.